The molecular weight excluding hydrogens is 410 g/mol. The van der Waals surface area contributed by atoms with Crippen LogP contribution in [0.15, 0.2) is 70.7 Å². The zero-order valence-corrected chi connectivity index (χ0v) is 15.0. The van der Waals surface area contributed by atoms with Crippen molar-refractivity contribution in [2.75, 3.05) is 0 Å². The Morgan fingerprint density at radius 3 is 2.52 bits per heavy atom. The van der Waals surface area contributed by atoms with Crippen molar-refractivity contribution >= 4 is 31.8 Å². The largest absolute Gasteiger partial charge is 0.460 e. The lowest BCUT2D eigenvalue weighted by Crippen LogP contribution is -2.16. The van der Waals surface area contributed by atoms with Gasteiger partial charge in [0.1, 0.15) is 5.70 Å². The SMILES string of the molecule is [2H]C([2H])(c1ccccc1)S(=O)(=O)OC1=C(N)O[C@@]([2H])(c2ccccc2Br)C1=O. The molecule has 1 aliphatic rings. The number of benzene rings is 2. The number of Topliss-reactive ketones (excluding diaryl/α,β-unsaturated/α-hetero) is 1. The van der Waals surface area contributed by atoms with E-state index < -0.39 is 39.3 Å². The van der Waals surface area contributed by atoms with E-state index in [1.165, 1.54) is 30.3 Å². The molecule has 0 radical (unpaired) electrons. The van der Waals surface area contributed by atoms with Gasteiger partial charge >= 0.3 is 10.1 Å². The van der Waals surface area contributed by atoms with Gasteiger partial charge in [0.2, 0.25) is 17.4 Å². The molecule has 1 aliphatic heterocycles. The molecule has 0 aromatic heterocycles. The van der Waals surface area contributed by atoms with Gasteiger partial charge in [-0.05, 0) is 11.6 Å². The van der Waals surface area contributed by atoms with Gasteiger partial charge < -0.3 is 14.7 Å². The number of ether oxygens (including phenoxy) is 1. The van der Waals surface area contributed by atoms with Crippen LogP contribution < -0.4 is 5.73 Å². The van der Waals surface area contributed by atoms with Gasteiger partial charge in [-0.3, -0.25) is 4.79 Å². The standard InChI is InChI=1S/C17H14BrNO5S/c18-13-9-5-4-8-12(13)15-14(20)16(17(19)23-15)24-25(21,22)10-11-6-2-1-3-7-11/h1-9,15H,10,19H2/t15-/m0/s1/i10D2,15D. The molecule has 1 atom stereocenters. The fourth-order valence-corrected chi connectivity index (χ4v) is 3.41. The van der Waals surface area contributed by atoms with Crippen LogP contribution in [0.3, 0.4) is 0 Å². The highest BCUT2D eigenvalue weighted by Crippen LogP contribution is 2.35. The molecule has 0 saturated heterocycles. The molecule has 0 fully saturated rings. The fraction of sp³-hybridized carbons (Fsp3) is 0.118. The maximum absolute atomic E-state index is 12.7. The number of rotatable bonds is 5. The Kier molecular flexibility index (Phi) is 3.84. The smallest absolute Gasteiger partial charge is 0.313 e. The summed E-state index contributed by atoms with van der Waals surface area (Å²) in [5.41, 5.74) is 2.54. The molecule has 130 valence electrons. The van der Waals surface area contributed by atoms with Gasteiger partial charge in [0.05, 0.1) is 4.11 Å². The second-order valence-corrected chi connectivity index (χ2v) is 7.07. The van der Waals surface area contributed by atoms with Crippen LogP contribution in [0.1, 0.15) is 21.3 Å². The van der Waals surface area contributed by atoms with Gasteiger partial charge in [0.25, 0.3) is 0 Å². The molecule has 6 nitrogen and oxygen atoms in total. The lowest BCUT2D eigenvalue weighted by Gasteiger charge is -2.11. The van der Waals surface area contributed by atoms with E-state index in [1.54, 1.807) is 24.3 Å². The van der Waals surface area contributed by atoms with Crippen LogP contribution in [-0.4, -0.2) is 14.2 Å². The Labute approximate surface area is 157 Å². The van der Waals surface area contributed by atoms with Gasteiger partial charge in [0.15, 0.2) is 6.08 Å². The molecular formula is C17H14BrNO5S. The van der Waals surface area contributed by atoms with E-state index in [-0.39, 0.29) is 11.1 Å². The number of halogens is 1. The summed E-state index contributed by atoms with van der Waals surface area (Å²) in [5.74, 6) is -2.82. The molecule has 0 bridgehead atoms. The van der Waals surface area contributed by atoms with Gasteiger partial charge in [-0.25, -0.2) is 0 Å². The van der Waals surface area contributed by atoms with Gasteiger partial charge in [-0.15, -0.1) is 0 Å². The Balaban J connectivity index is 1.96. The van der Waals surface area contributed by atoms with Crippen LogP contribution in [-0.2, 0) is 29.5 Å². The number of carbonyl (C=O) groups excluding carboxylic acids is 1. The van der Waals surface area contributed by atoms with Gasteiger partial charge in [-0.1, -0.05) is 64.5 Å². The minimum atomic E-state index is -5.01. The van der Waals surface area contributed by atoms with Crippen LogP contribution in [0.25, 0.3) is 0 Å². The van der Waals surface area contributed by atoms with Crippen LogP contribution in [0.4, 0.5) is 0 Å². The first kappa shape index (κ1) is 13.9. The van der Waals surface area contributed by atoms with Crippen molar-refractivity contribution in [3.05, 3.63) is 81.8 Å². The maximum Gasteiger partial charge on any atom is 0.313 e. The molecule has 0 saturated carbocycles. The third-order valence-electron chi connectivity index (χ3n) is 3.18. The first-order chi connectivity index (χ1) is 13.0. The fourth-order valence-electron chi connectivity index (χ4n) is 2.10. The van der Waals surface area contributed by atoms with Gasteiger partial charge in [0, 0.05) is 10.0 Å². The first-order valence-corrected chi connectivity index (χ1v) is 9.19. The number of hydrogen-bond donors (Lipinski definition) is 1. The molecule has 2 aromatic carbocycles. The van der Waals surface area contributed by atoms with Crippen LogP contribution in [0.5, 0.6) is 0 Å². The van der Waals surface area contributed by atoms with E-state index in [0.717, 1.165) is 0 Å². The van der Waals surface area contributed by atoms with Crippen molar-refractivity contribution in [1.82, 2.24) is 0 Å². The monoisotopic (exact) mass is 426 g/mol. The van der Waals surface area contributed by atoms with Crippen molar-refractivity contribution in [2.24, 2.45) is 5.73 Å². The van der Waals surface area contributed by atoms with Crippen molar-refractivity contribution in [3.63, 3.8) is 0 Å². The number of carbonyl (C=O) groups is 1. The Hall–Kier alpha value is -2.32. The Morgan fingerprint density at radius 1 is 1.20 bits per heavy atom. The maximum atomic E-state index is 12.7. The van der Waals surface area contributed by atoms with E-state index in [1.807, 2.05) is 0 Å². The molecule has 8 heteroatoms. The third kappa shape index (κ3) is 3.85. The second-order valence-electron chi connectivity index (χ2n) is 4.94. The van der Waals surface area contributed by atoms with Crippen LogP contribution >= 0.6 is 15.9 Å². The zero-order chi connectivity index (χ0) is 20.7. The Bertz CT molecular complexity index is 1080. The van der Waals surface area contributed by atoms with Crippen LogP contribution in [0, 0.1) is 0 Å². The van der Waals surface area contributed by atoms with Gasteiger partial charge in [-0.2, -0.15) is 8.42 Å². The van der Waals surface area contributed by atoms with E-state index in [2.05, 4.69) is 15.9 Å². The molecule has 25 heavy (non-hydrogen) atoms. The molecule has 2 N–H and O–H groups in total. The highest BCUT2D eigenvalue weighted by molar-refractivity contribution is 9.10. The molecule has 0 aliphatic carbocycles. The zero-order valence-electron chi connectivity index (χ0n) is 15.6. The first-order valence-electron chi connectivity index (χ1n) is 8.49. The predicted molar refractivity (Wildman–Crippen MR) is 94.3 cm³/mol. The average Bonchev–Trinajstić information content (AvgIpc) is 2.86. The molecule has 0 amide bonds. The summed E-state index contributed by atoms with van der Waals surface area (Å²) in [6.07, 6.45) is -2.37. The Morgan fingerprint density at radius 2 is 1.84 bits per heavy atom. The van der Waals surface area contributed by atoms with Crippen molar-refractivity contribution in [3.8, 4) is 0 Å². The molecule has 3 rings (SSSR count). The van der Waals surface area contributed by atoms with E-state index in [9.17, 15) is 13.2 Å². The minimum absolute atomic E-state index is 0.0880. The van der Waals surface area contributed by atoms with E-state index >= 15 is 0 Å². The molecule has 0 spiro atoms. The topological polar surface area (TPSA) is 95.7 Å². The van der Waals surface area contributed by atoms with E-state index in [0.29, 0.717) is 4.47 Å². The highest BCUT2D eigenvalue weighted by atomic mass is 79.9. The summed E-state index contributed by atoms with van der Waals surface area (Å²) in [4.78, 5) is 12.7. The molecule has 2 aromatic rings. The molecule has 0 unspecified atom stereocenters. The summed E-state index contributed by atoms with van der Waals surface area (Å²) in [6.45, 7) is 0. The summed E-state index contributed by atoms with van der Waals surface area (Å²) < 4.78 is 59.6. The summed E-state index contributed by atoms with van der Waals surface area (Å²) >= 11 is 3.20. The van der Waals surface area contributed by atoms with E-state index in [4.69, 9.17) is 18.8 Å². The molecule has 1 heterocycles. The number of nitrogens with two attached hydrogens (primary N) is 1. The quantitative estimate of drug-likeness (QED) is 0.738. The number of ketones is 1. The summed E-state index contributed by atoms with van der Waals surface area (Å²) in [6, 6.07) is 13.3. The summed E-state index contributed by atoms with van der Waals surface area (Å²) in [5, 5.41) is 0. The van der Waals surface area contributed by atoms with Crippen LogP contribution in [0.2, 0.25) is 0 Å². The lowest BCUT2D eigenvalue weighted by atomic mass is 10.1. The average molecular weight is 427 g/mol. The summed E-state index contributed by atoms with van der Waals surface area (Å²) in [7, 11) is -5.01. The highest BCUT2D eigenvalue weighted by Gasteiger charge is 2.40. The van der Waals surface area contributed by atoms with Crippen molar-refractivity contribution < 1.29 is 26.2 Å². The third-order valence-corrected chi connectivity index (χ3v) is 4.74. The predicted octanol–water partition coefficient (Wildman–Crippen LogP) is 2.76. The minimum Gasteiger partial charge on any atom is -0.460 e. The second kappa shape index (κ2) is 6.89. The van der Waals surface area contributed by atoms with Crippen molar-refractivity contribution in [2.45, 2.75) is 11.8 Å². The van der Waals surface area contributed by atoms with Crippen molar-refractivity contribution in [1.29, 1.82) is 0 Å². The normalized spacial score (nSPS) is 22.8. The lowest BCUT2D eigenvalue weighted by molar-refractivity contribution is -0.123. The number of hydrogen-bond acceptors (Lipinski definition) is 6.